The standard InChI is InChI=1S/C15H23NO2/c1-12(2)11-18-9-8-16-13(3)14-6-5-7-15(10-14)17-4/h5-7,10,13,16H,1,8-9,11H2,2-4H3. The van der Waals surface area contributed by atoms with E-state index in [9.17, 15) is 0 Å². The fourth-order valence-corrected chi connectivity index (χ4v) is 1.62. The molecule has 0 aromatic heterocycles. The fourth-order valence-electron chi connectivity index (χ4n) is 1.62. The zero-order valence-corrected chi connectivity index (χ0v) is 11.5. The summed E-state index contributed by atoms with van der Waals surface area (Å²) in [6.45, 7) is 10.0. The summed E-state index contributed by atoms with van der Waals surface area (Å²) in [4.78, 5) is 0. The summed E-state index contributed by atoms with van der Waals surface area (Å²) in [7, 11) is 1.68. The number of methoxy groups -OCH3 is 1. The lowest BCUT2D eigenvalue weighted by atomic mass is 10.1. The summed E-state index contributed by atoms with van der Waals surface area (Å²) in [5.74, 6) is 0.889. The van der Waals surface area contributed by atoms with Gasteiger partial charge < -0.3 is 14.8 Å². The first kappa shape index (κ1) is 14.7. The van der Waals surface area contributed by atoms with Gasteiger partial charge in [-0.05, 0) is 31.5 Å². The van der Waals surface area contributed by atoms with Crippen molar-refractivity contribution in [1.82, 2.24) is 5.32 Å². The summed E-state index contributed by atoms with van der Waals surface area (Å²) >= 11 is 0. The molecule has 0 saturated carbocycles. The van der Waals surface area contributed by atoms with Gasteiger partial charge >= 0.3 is 0 Å². The van der Waals surface area contributed by atoms with Gasteiger partial charge in [0.15, 0.2) is 0 Å². The van der Waals surface area contributed by atoms with E-state index >= 15 is 0 Å². The third-order valence-corrected chi connectivity index (χ3v) is 2.64. The van der Waals surface area contributed by atoms with Gasteiger partial charge in [-0.3, -0.25) is 0 Å². The van der Waals surface area contributed by atoms with E-state index in [-0.39, 0.29) is 6.04 Å². The van der Waals surface area contributed by atoms with Crippen LogP contribution in [-0.2, 0) is 4.74 Å². The van der Waals surface area contributed by atoms with E-state index in [1.54, 1.807) is 7.11 Å². The molecule has 0 radical (unpaired) electrons. The predicted octanol–water partition coefficient (Wildman–Crippen LogP) is 2.94. The van der Waals surface area contributed by atoms with Crippen LogP contribution in [-0.4, -0.2) is 26.9 Å². The average molecular weight is 249 g/mol. The number of rotatable bonds is 8. The van der Waals surface area contributed by atoms with Crippen LogP contribution in [0.4, 0.5) is 0 Å². The van der Waals surface area contributed by atoms with E-state index in [0.29, 0.717) is 13.2 Å². The summed E-state index contributed by atoms with van der Waals surface area (Å²) in [5, 5.41) is 3.41. The predicted molar refractivity (Wildman–Crippen MR) is 75.0 cm³/mol. The van der Waals surface area contributed by atoms with Crippen molar-refractivity contribution in [2.24, 2.45) is 0 Å². The molecule has 0 spiro atoms. The molecule has 0 heterocycles. The van der Waals surface area contributed by atoms with Crippen LogP contribution in [0.2, 0.25) is 0 Å². The van der Waals surface area contributed by atoms with Crippen LogP contribution in [0.25, 0.3) is 0 Å². The molecule has 1 atom stereocenters. The third kappa shape index (κ3) is 5.34. The second-order valence-electron chi connectivity index (χ2n) is 4.46. The lowest BCUT2D eigenvalue weighted by Gasteiger charge is -2.15. The molecule has 0 bridgehead atoms. The van der Waals surface area contributed by atoms with Gasteiger partial charge in [-0.2, -0.15) is 0 Å². The Balaban J connectivity index is 2.31. The fraction of sp³-hybridized carbons (Fsp3) is 0.467. The zero-order chi connectivity index (χ0) is 13.4. The van der Waals surface area contributed by atoms with Gasteiger partial charge in [-0.25, -0.2) is 0 Å². The molecule has 18 heavy (non-hydrogen) atoms. The van der Waals surface area contributed by atoms with E-state index in [1.807, 2.05) is 25.1 Å². The maximum absolute atomic E-state index is 5.44. The van der Waals surface area contributed by atoms with E-state index < -0.39 is 0 Å². The molecular formula is C15H23NO2. The number of ether oxygens (including phenoxy) is 2. The molecule has 1 unspecified atom stereocenters. The molecule has 3 nitrogen and oxygen atoms in total. The zero-order valence-electron chi connectivity index (χ0n) is 11.5. The van der Waals surface area contributed by atoms with Crippen LogP contribution < -0.4 is 10.1 Å². The van der Waals surface area contributed by atoms with Crippen molar-refractivity contribution in [3.8, 4) is 5.75 Å². The SMILES string of the molecule is C=C(C)COCCNC(C)c1cccc(OC)c1. The molecule has 0 aliphatic heterocycles. The minimum atomic E-state index is 0.286. The van der Waals surface area contributed by atoms with Crippen molar-refractivity contribution in [2.45, 2.75) is 19.9 Å². The van der Waals surface area contributed by atoms with Crippen molar-refractivity contribution in [3.63, 3.8) is 0 Å². The Hall–Kier alpha value is -1.32. The van der Waals surface area contributed by atoms with E-state index in [0.717, 1.165) is 17.9 Å². The Morgan fingerprint density at radius 1 is 1.44 bits per heavy atom. The maximum atomic E-state index is 5.44. The summed E-state index contributed by atoms with van der Waals surface area (Å²) < 4.78 is 10.7. The average Bonchev–Trinajstić information content (AvgIpc) is 2.37. The van der Waals surface area contributed by atoms with Crippen molar-refractivity contribution in [3.05, 3.63) is 42.0 Å². The first-order chi connectivity index (χ1) is 8.63. The maximum Gasteiger partial charge on any atom is 0.119 e. The number of hydrogen-bond donors (Lipinski definition) is 1. The van der Waals surface area contributed by atoms with E-state index in [4.69, 9.17) is 9.47 Å². The number of hydrogen-bond acceptors (Lipinski definition) is 3. The van der Waals surface area contributed by atoms with Crippen LogP contribution in [0.3, 0.4) is 0 Å². The summed E-state index contributed by atoms with van der Waals surface area (Å²) in [6, 6.07) is 8.38. The molecule has 0 aliphatic carbocycles. The number of benzene rings is 1. The van der Waals surface area contributed by atoms with E-state index in [1.165, 1.54) is 5.56 Å². The third-order valence-electron chi connectivity index (χ3n) is 2.64. The first-order valence-electron chi connectivity index (χ1n) is 6.23. The molecule has 1 N–H and O–H groups in total. The lowest BCUT2D eigenvalue weighted by Crippen LogP contribution is -2.23. The molecule has 100 valence electrons. The highest BCUT2D eigenvalue weighted by atomic mass is 16.5. The second kappa shape index (κ2) is 7.90. The molecule has 0 amide bonds. The van der Waals surface area contributed by atoms with Crippen LogP contribution in [0.5, 0.6) is 5.75 Å². The van der Waals surface area contributed by atoms with Crippen molar-refractivity contribution >= 4 is 0 Å². The van der Waals surface area contributed by atoms with Gasteiger partial charge in [0.25, 0.3) is 0 Å². The Kier molecular flexibility index (Phi) is 6.47. The molecule has 1 aromatic carbocycles. The van der Waals surface area contributed by atoms with E-state index in [2.05, 4.69) is 24.9 Å². The van der Waals surface area contributed by atoms with Gasteiger partial charge in [-0.1, -0.05) is 24.3 Å². The molecule has 1 aromatic rings. The highest BCUT2D eigenvalue weighted by Crippen LogP contribution is 2.18. The van der Waals surface area contributed by atoms with Crippen LogP contribution in [0, 0.1) is 0 Å². The Morgan fingerprint density at radius 2 is 2.22 bits per heavy atom. The smallest absolute Gasteiger partial charge is 0.119 e. The quantitative estimate of drug-likeness (QED) is 0.567. The highest BCUT2D eigenvalue weighted by molar-refractivity contribution is 5.30. The summed E-state index contributed by atoms with van der Waals surface area (Å²) in [5.41, 5.74) is 2.27. The van der Waals surface area contributed by atoms with Gasteiger partial charge in [0.2, 0.25) is 0 Å². The first-order valence-corrected chi connectivity index (χ1v) is 6.23. The normalized spacial score (nSPS) is 12.2. The second-order valence-corrected chi connectivity index (χ2v) is 4.46. The van der Waals surface area contributed by atoms with Gasteiger partial charge in [0.1, 0.15) is 5.75 Å². The largest absolute Gasteiger partial charge is 0.497 e. The molecule has 1 rings (SSSR count). The van der Waals surface area contributed by atoms with Crippen molar-refractivity contribution < 1.29 is 9.47 Å². The number of nitrogens with one attached hydrogen (secondary N) is 1. The van der Waals surface area contributed by atoms with Crippen LogP contribution >= 0.6 is 0 Å². The highest BCUT2D eigenvalue weighted by Gasteiger charge is 2.05. The lowest BCUT2D eigenvalue weighted by molar-refractivity contribution is 0.156. The van der Waals surface area contributed by atoms with Crippen LogP contribution in [0.15, 0.2) is 36.4 Å². The summed E-state index contributed by atoms with van der Waals surface area (Å²) in [6.07, 6.45) is 0. The Labute approximate surface area is 110 Å². The Morgan fingerprint density at radius 3 is 2.89 bits per heavy atom. The monoisotopic (exact) mass is 249 g/mol. The molecule has 3 heteroatoms. The minimum absolute atomic E-state index is 0.286. The molecular weight excluding hydrogens is 226 g/mol. The topological polar surface area (TPSA) is 30.5 Å². The van der Waals surface area contributed by atoms with Crippen LogP contribution in [0.1, 0.15) is 25.5 Å². The molecule has 0 saturated heterocycles. The molecule has 0 fully saturated rings. The van der Waals surface area contributed by atoms with Gasteiger partial charge in [-0.15, -0.1) is 0 Å². The Bertz CT molecular complexity index is 377. The van der Waals surface area contributed by atoms with Crippen molar-refractivity contribution in [1.29, 1.82) is 0 Å². The van der Waals surface area contributed by atoms with Gasteiger partial charge in [0, 0.05) is 12.6 Å². The van der Waals surface area contributed by atoms with Gasteiger partial charge in [0.05, 0.1) is 20.3 Å². The van der Waals surface area contributed by atoms with Crippen molar-refractivity contribution in [2.75, 3.05) is 26.9 Å². The molecule has 0 aliphatic rings. The minimum Gasteiger partial charge on any atom is -0.497 e.